The van der Waals surface area contributed by atoms with Crippen molar-refractivity contribution < 1.29 is 9.90 Å². The van der Waals surface area contributed by atoms with Crippen LogP contribution in [0.1, 0.15) is 26.7 Å². The fraction of sp³-hybridized carbons (Fsp3) is 0.875. The van der Waals surface area contributed by atoms with E-state index in [1.807, 2.05) is 6.92 Å². The number of carbonyl (C=O) groups is 1. The normalized spacial score (nSPS) is 15.3. The molecule has 0 aliphatic carbocycles. The molecule has 0 saturated heterocycles. The van der Waals surface area contributed by atoms with Crippen LogP contribution in [0.25, 0.3) is 0 Å². The van der Waals surface area contributed by atoms with Crippen molar-refractivity contribution >= 4 is 5.91 Å². The van der Waals surface area contributed by atoms with Crippen molar-refractivity contribution in [1.29, 1.82) is 0 Å². The van der Waals surface area contributed by atoms with E-state index in [4.69, 9.17) is 10.8 Å². The number of hydrogen-bond donors (Lipinski definition) is 3. The molecule has 0 aromatic carbocycles. The minimum atomic E-state index is -0.469. The molecule has 0 saturated carbocycles. The number of hydrogen-bond acceptors (Lipinski definition) is 3. The van der Waals surface area contributed by atoms with E-state index in [2.05, 4.69) is 5.32 Å². The van der Waals surface area contributed by atoms with Gasteiger partial charge in [-0.2, -0.15) is 0 Å². The van der Waals surface area contributed by atoms with Gasteiger partial charge in [0.05, 0.1) is 12.1 Å². The summed E-state index contributed by atoms with van der Waals surface area (Å²) in [6.07, 6.45) is 0.988. The molecule has 4 nitrogen and oxygen atoms in total. The molecule has 2 atom stereocenters. The first-order valence-corrected chi connectivity index (χ1v) is 4.29. The van der Waals surface area contributed by atoms with Gasteiger partial charge in [0.15, 0.2) is 0 Å². The van der Waals surface area contributed by atoms with Crippen LogP contribution in [0, 0.1) is 0 Å². The van der Waals surface area contributed by atoms with Crippen LogP contribution in [0.15, 0.2) is 0 Å². The van der Waals surface area contributed by atoms with Crippen molar-refractivity contribution in [2.45, 2.75) is 38.8 Å². The van der Waals surface area contributed by atoms with Gasteiger partial charge in [-0.05, 0) is 19.8 Å². The third kappa shape index (κ3) is 5.09. The van der Waals surface area contributed by atoms with Gasteiger partial charge < -0.3 is 16.2 Å². The summed E-state index contributed by atoms with van der Waals surface area (Å²) in [5.74, 6) is -0.168. The number of aliphatic hydroxyl groups is 1. The first kappa shape index (κ1) is 11.4. The Bertz CT molecular complexity index is 137. The van der Waals surface area contributed by atoms with Gasteiger partial charge in [-0.25, -0.2) is 0 Å². The number of rotatable bonds is 5. The highest BCUT2D eigenvalue weighted by Crippen LogP contribution is 1.94. The molecule has 1 unspecified atom stereocenters. The van der Waals surface area contributed by atoms with Crippen molar-refractivity contribution in [3.8, 4) is 0 Å². The molecule has 12 heavy (non-hydrogen) atoms. The second-order valence-electron chi connectivity index (χ2n) is 2.93. The van der Waals surface area contributed by atoms with Crippen molar-refractivity contribution in [3.63, 3.8) is 0 Å². The molecular formula is C8H18N2O2. The highest BCUT2D eigenvalue weighted by atomic mass is 16.3. The highest BCUT2D eigenvalue weighted by molar-refractivity contribution is 5.80. The van der Waals surface area contributed by atoms with Gasteiger partial charge in [0, 0.05) is 6.54 Å². The molecule has 0 aliphatic rings. The SMILES string of the molecule is CCC(O)CCNC(=O)[C@@H](C)N. The number of aliphatic hydroxyl groups excluding tert-OH is 1. The Morgan fingerprint density at radius 3 is 2.67 bits per heavy atom. The molecule has 0 heterocycles. The molecule has 0 aromatic rings. The largest absolute Gasteiger partial charge is 0.393 e. The van der Waals surface area contributed by atoms with E-state index in [-0.39, 0.29) is 12.0 Å². The molecule has 0 spiro atoms. The Morgan fingerprint density at radius 2 is 2.25 bits per heavy atom. The number of nitrogens with one attached hydrogen (secondary N) is 1. The average Bonchev–Trinajstić information content (AvgIpc) is 2.03. The van der Waals surface area contributed by atoms with Crippen LogP contribution in [-0.2, 0) is 4.79 Å². The van der Waals surface area contributed by atoms with E-state index in [9.17, 15) is 4.79 Å². The van der Waals surface area contributed by atoms with Crippen LogP contribution < -0.4 is 11.1 Å². The third-order valence-corrected chi connectivity index (χ3v) is 1.66. The summed E-state index contributed by atoms with van der Waals surface area (Å²) in [5, 5.41) is 11.8. The van der Waals surface area contributed by atoms with Gasteiger partial charge in [0.1, 0.15) is 0 Å². The molecule has 4 N–H and O–H groups in total. The lowest BCUT2D eigenvalue weighted by molar-refractivity contribution is -0.122. The molecule has 0 bridgehead atoms. The fourth-order valence-electron chi connectivity index (χ4n) is 0.727. The first-order valence-electron chi connectivity index (χ1n) is 4.29. The van der Waals surface area contributed by atoms with Gasteiger partial charge >= 0.3 is 0 Å². The summed E-state index contributed by atoms with van der Waals surface area (Å²) in [5.41, 5.74) is 5.31. The van der Waals surface area contributed by atoms with E-state index >= 15 is 0 Å². The van der Waals surface area contributed by atoms with Crippen molar-refractivity contribution in [1.82, 2.24) is 5.32 Å². The maximum absolute atomic E-state index is 10.9. The summed E-state index contributed by atoms with van der Waals surface area (Å²) in [6, 6.07) is -0.469. The van der Waals surface area contributed by atoms with Crippen molar-refractivity contribution in [2.24, 2.45) is 5.73 Å². The Kier molecular flexibility index (Phi) is 5.66. The fourth-order valence-corrected chi connectivity index (χ4v) is 0.727. The van der Waals surface area contributed by atoms with Crippen LogP contribution in [0.2, 0.25) is 0 Å². The highest BCUT2D eigenvalue weighted by Gasteiger charge is 2.06. The monoisotopic (exact) mass is 174 g/mol. The van der Waals surface area contributed by atoms with Crippen LogP contribution in [0.3, 0.4) is 0 Å². The molecule has 0 rings (SSSR count). The number of amides is 1. The summed E-state index contributed by atoms with van der Waals surface area (Å²) in [4.78, 5) is 10.9. The van der Waals surface area contributed by atoms with E-state index in [0.717, 1.165) is 0 Å². The topological polar surface area (TPSA) is 75.3 Å². The number of nitrogens with two attached hydrogens (primary N) is 1. The summed E-state index contributed by atoms with van der Waals surface area (Å²) in [6.45, 7) is 4.03. The predicted molar refractivity (Wildman–Crippen MR) is 47.6 cm³/mol. The van der Waals surface area contributed by atoms with Crippen molar-refractivity contribution in [3.05, 3.63) is 0 Å². The number of carbonyl (C=O) groups excluding carboxylic acids is 1. The Labute approximate surface area is 73.1 Å². The molecular weight excluding hydrogens is 156 g/mol. The van der Waals surface area contributed by atoms with E-state index in [0.29, 0.717) is 19.4 Å². The molecule has 0 aromatic heterocycles. The summed E-state index contributed by atoms with van der Waals surface area (Å²) < 4.78 is 0. The van der Waals surface area contributed by atoms with Crippen molar-refractivity contribution in [2.75, 3.05) is 6.54 Å². The Hall–Kier alpha value is -0.610. The van der Waals surface area contributed by atoms with Gasteiger partial charge in [0.2, 0.25) is 5.91 Å². The van der Waals surface area contributed by atoms with Crippen LogP contribution in [0.4, 0.5) is 0 Å². The standard InChI is InChI=1S/C8H18N2O2/c1-3-7(11)4-5-10-8(12)6(2)9/h6-7,11H,3-5,9H2,1-2H3,(H,10,12)/t6-,7?/m1/s1. The summed E-state index contributed by atoms with van der Waals surface area (Å²) >= 11 is 0. The molecule has 0 radical (unpaired) electrons. The zero-order valence-corrected chi connectivity index (χ0v) is 7.71. The second-order valence-corrected chi connectivity index (χ2v) is 2.93. The Balaban J connectivity index is 3.37. The molecule has 1 amide bonds. The Morgan fingerprint density at radius 1 is 1.67 bits per heavy atom. The predicted octanol–water partition coefficient (Wildman–Crippen LogP) is -0.389. The van der Waals surface area contributed by atoms with Crippen LogP contribution in [0.5, 0.6) is 0 Å². The maximum atomic E-state index is 10.9. The van der Waals surface area contributed by atoms with Gasteiger partial charge in [-0.1, -0.05) is 6.92 Å². The van der Waals surface area contributed by atoms with Crippen LogP contribution >= 0.6 is 0 Å². The first-order chi connectivity index (χ1) is 5.57. The van der Waals surface area contributed by atoms with Gasteiger partial charge in [-0.3, -0.25) is 4.79 Å². The van der Waals surface area contributed by atoms with E-state index in [1.54, 1.807) is 6.92 Å². The van der Waals surface area contributed by atoms with Gasteiger partial charge in [0.25, 0.3) is 0 Å². The average molecular weight is 174 g/mol. The molecule has 72 valence electrons. The lowest BCUT2D eigenvalue weighted by Gasteiger charge is -2.10. The molecule has 0 aliphatic heterocycles. The minimum absolute atomic E-state index is 0.168. The summed E-state index contributed by atoms with van der Waals surface area (Å²) in [7, 11) is 0. The van der Waals surface area contributed by atoms with E-state index in [1.165, 1.54) is 0 Å². The molecule has 4 heteroatoms. The minimum Gasteiger partial charge on any atom is -0.393 e. The van der Waals surface area contributed by atoms with Gasteiger partial charge in [-0.15, -0.1) is 0 Å². The van der Waals surface area contributed by atoms with E-state index < -0.39 is 6.04 Å². The lowest BCUT2D eigenvalue weighted by atomic mass is 10.2. The third-order valence-electron chi connectivity index (χ3n) is 1.66. The lowest BCUT2D eigenvalue weighted by Crippen LogP contribution is -2.39. The zero-order valence-electron chi connectivity index (χ0n) is 7.71. The van der Waals surface area contributed by atoms with Crippen LogP contribution in [-0.4, -0.2) is 29.7 Å². The second kappa shape index (κ2) is 5.97. The smallest absolute Gasteiger partial charge is 0.236 e. The quantitative estimate of drug-likeness (QED) is 0.531. The molecule has 0 fully saturated rings. The maximum Gasteiger partial charge on any atom is 0.236 e. The zero-order chi connectivity index (χ0) is 9.56.